The van der Waals surface area contributed by atoms with Crippen LogP contribution in [0.2, 0.25) is 5.02 Å². The van der Waals surface area contributed by atoms with Gasteiger partial charge in [0.2, 0.25) is 0 Å². The molecule has 1 aromatic carbocycles. The van der Waals surface area contributed by atoms with Crippen LogP contribution in [-0.2, 0) is 6.54 Å². The lowest BCUT2D eigenvalue weighted by Crippen LogP contribution is -2.35. The summed E-state index contributed by atoms with van der Waals surface area (Å²) in [7, 11) is 1.61. The van der Waals surface area contributed by atoms with Crippen LogP contribution in [0.4, 0.5) is 0 Å². The second kappa shape index (κ2) is 5.85. The highest BCUT2D eigenvalue weighted by atomic mass is 35.5. The summed E-state index contributed by atoms with van der Waals surface area (Å²) < 4.78 is 10.9. The Labute approximate surface area is 124 Å². The molecule has 0 atom stereocenters. The quantitative estimate of drug-likeness (QED) is 0.929. The molecule has 1 heterocycles. The van der Waals surface area contributed by atoms with Crippen LogP contribution in [0.3, 0.4) is 0 Å². The van der Waals surface area contributed by atoms with Gasteiger partial charge in [-0.15, -0.1) is 0 Å². The number of aromatic nitrogens is 1. The van der Waals surface area contributed by atoms with Crippen molar-refractivity contribution in [3.05, 3.63) is 35.3 Å². The Balaban J connectivity index is 2.32. The summed E-state index contributed by atoms with van der Waals surface area (Å²) in [4.78, 5) is 4.28. The fourth-order valence-electron chi connectivity index (χ4n) is 1.82. The third-order valence-electron chi connectivity index (χ3n) is 2.84. The van der Waals surface area contributed by atoms with E-state index in [1.807, 2.05) is 12.1 Å². The van der Waals surface area contributed by atoms with E-state index in [1.165, 1.54) is 6.39 Å². The smallest absolute Gasteiger partial charge is 0.181 e. The molecule has 5 heteroatoms. The summed E-state index contributed by atoms with van der Waals surface area (Å²) >= 11 is 5.98. The van der Waals surface area contributed by atoms with Crippen molar-refractivity contribution < 1.29 is 9.15 Å². The first-order valence-corrected chi connectivity index (χ1v) is 6.80. The first kappa shape index (κ1) is 14.9. The van der Waals surface area contributed by atoms with Gasteiger partial charge in [-0.05, 0) is 39.0 Å². The maximum absolute atomic E-state index is 5.98. The molecular weight excluding hydrogens is 276 g/mol. The van der Waals surface area contributed by atoms with Crippen LogP contribution in [0.15, 0.2) is 29.0 Å². The molecule has 0 spiro atoms. The second-order valence-corrected chi connectivity index (χ2v) is 6.01. The molecule has 20 heavy (non-hydrogen) atoms. The third kappa shape index (κ3) is 3.52. The Bertz CT molecular complexity index is 588. The number of ether oxygens (including phenoxy) is 1. The van der Waals surface area contributed by atoms with Gasteiger partial charge in [-0.3, -0.25) is 0 Å². The van der Waals surface area contributed by atoms with Gasteiger partial charge in [0, 0.05) is 17.1 Å². The number of nitrogens with one attached hydrogen (secondary N) is 1. The summed E-state index contributed by atoms with van der Waals surface area (Å²) in [5.41, 5.74) is 1.71. The normalized spacial score (nSPS) is 11.7. The number of oxazole rings is 1. The monoisotopic (exact) mass is 294 g/mol. The van der Waals surface area contributed by atoms with Crippen molar-refractivity contribution >= 4 is 11.6 Å². The summed E-state index contributed by atoms with van der Waals surface area (Å²) in [6, 6.07) is 5.45. The highest BCUT2D eigenvalue weighted by molar-refractivity contribution is 6.30. The van der Waals surface area contributed by atoms with Crippen LogP contribution >= 0.6 is 11.6 Å². The maximum Gasteiger partial charge on any atom is 0.181 e. The number of hydrogen-bond acceptors (Lipinski definition) is 4. The van der Waals surface area contributed by atoms with Crippen LogP contribution in [0, 0.1) is 0 Å². The van der Waals surface area contributed by atoms with Gasteiger partial charge in [-0.25, -0.2) is 4.98 Å². The Morgan fingerprint density at radius 1 is 1.35 bits per heavy atom. The van der Waals surface area contributed by atoms with Crippen LogP contribution in [0.1, 0.15) is 26.5 Å². The number of rotatable bonds is 4. The molecule has 0 aliphatic heterocycles. The molecule has 0 bridgehead atoms. The van der Waals surface area contributed by atoms with Gasteiger partial charge >= 0.3 is 0 Å². The highest BCUT2D eigenvalue weighted by Gasteiger charge is 2.17. The van der Waals surface area contributed by atoms with Crippen LogP contribution in [0.25, 0.3) is 11.3 Å². The predicted molar refractivity (Wildman–Crippen MR) is 80.1 cm³/mol. The lowest BCUT2D eigenvalue weighted by Gasteiger charge is -2.20. The van der Waals surface area contributed by atoms with E-state index in [1.54, 1.807) is 13.2 Å². The molecule has 0 radical (unpaired) electrons. The molecular formula is C15H19ClN2O2. The lowest BCUT2D eigenvalue weighted by atomic mass is 10.1. The average Bonchev–Trinajstić information content (AvgIpc) is 2.83. The average molecular weight is 295 g/mol. The van der Waals surface area contributed by atoms with Crippen molar-refractivity contribution in [2.75, 3.05) is 7.11 Å². The van der Waals surface area contributed by atoms with Gasteiger partial charge in [0.15, 0.2) is 12.2 Å². The zero-order valence-corrected chi connectivity index (χ0v) is 12.9. The molecule has 2 rings (SSSR count). The van der Waals surface area contributed by atoms with Gasteiger partial charge < -0.3 is 14.5 Å². The first-order chi connectivity index (χ1) is 9.40. The molecule has 1 N–H and O–H groups in total. The Morgan fingerprint density at radius 3 is 2.75 bits per heavy atom. The van der Waals surface area contributed by atoms with E-state index in [0.717, 1.165) is 11.3 Å². The fourth-order valence-corrected chi connectivity index (χ4v) is 1.98. The van der Waals surface area contributed by atoms with Crippen LogP contribution in [-0.4, -0.2) is 17.6 Å². The second-order valence-electron chi connectivity index (χ2n) is 5.58. The minimum Gasteiger partial charge on any atom is -0.496 e. The van der Waals surface area contributed by atoms with E-state index in [4.69, 9.17) is 20.8 Å². The fraction of sp³-hybridized carbons (Fsp3) is 0.400. The summed E-state index contributed by atoms with van der Waals surface area (Å²) in [6.45, 7) is 6.95. The lowest BCUT2D eigenvalue weighted by molar-refractivity contribution is 0.413. The number of nitrogens with zero attached hydrogens (tertiary/aromatic N) is 1. The summed E-state index contributed by atoms with van der Waals surface area (Å²) in [6.07, 6.45) is 1.45. The van der Waals surface area contributed by atoms with Gasteiger partial charge in [0.25, 0.3) is 0 Å². The number of methoxy groups -OCH3 is 1. The maximum atomic E-state index is 5.98. The number of halogens is 1. The zero-order valence-electron chi connectivity index (χ0n) is 12.2. The van der Waals surface area contributed by atoms with E-state index in [2.05, 4.69) is 31.1 Å². The van der Waals surface area contributed by atoms with E-state index in [9.17, 15) is 0 Å². The number of benzene rings is 1. The molecule has 0 aliphatic carbocycles. The van der Waals surface area contributed by atoms with Crippen molar-refractivity contribution in [3.63, 3.8) is 0 Å². The molecule has 1 aromatic heterocycles. The molecule has 0 unspecified atom stereocenters. The standard InChI is InChI=1S/C15H19ClN2O2/c1-15(2,3)18-8-12-14(20-9-17-12)11-6-5-10(16)7-13(11)19-4/h5-7,9,18H,8H2,1-4H3. The first-order valence-electron chi connectivity index (χ1n) is 6.42. The van der Waals surface area contributed by atoms with Crippen molar-refractivity contribution in [3.8, 4) is 17.1 Å². The third-order valence-corrected chi connectivity index (χ3v) is 3.07. The van der Waals surface area contributed by atoms with Crippen LogP contribution in [0.5, 0.6) is 5.75 Å². The Hall–Kier alpha value is -1.52. The van der Waals surface area contributed by atoms with Gasteiger partial charge in [0.1, 0.15) is 11.4 Å². The van der Waals surface area contributed by atoms with E-state index in [-0.39, 0.29) is 5.54 Å². The summed E-state index contributed by atoms with van der Waals surface area (Å²) in [5.74, 6) is 1.38. The molecule has 4 nitrogen and oxygen atoms in total. The number of hydrogen-bond donors (Lipinski definition) is 1. The molecule has 0 saturated heterocycles. The molecule has 0 amide bonds. The largest absolute Gasteiger partial charge is 0.496 e. The minimum absolute atomic E-state index is 0.0142. The van der Waals surface area contributed by atoms with Gasteiger partial charge in [0.05, 0.1) is 12.7 Å². The Kier molecular flexibility index (Phi) is 4.35. The molecule has 2 aromatic rings. The Morgan fingerprint density at radius 2 is 2.10 bits per heavy atom. The van der Waals surface area contributed by atoms with E-state index < -0.39 is 0 Å². The van der Waals surface area contributed by atoms with Crippen molar-refractivity contribution in [1.82, 2.24) is 10.3 Å². The molecule has 0 fully saturated rings. The van der Waals surface area contributed by atoms with Crippen molar-refractivity contribution in [2.45, 2.75) is 32.9 Å². The SMILES string of the molecule is COc1cc(Cl)ccc1-c1ocnc1CNC(C)(C)C. The molecule has 0 saturated carbocycles. The molecule has 0 aliphatic rings. The summed E-state index contributed by atoms with van der Waals surface area (Å²) in [5, 5.41) is 4.02. The topological polar surface area (TPSA) is 47.3 Å². The van der Waals surface area contributed by atoms with E-state index in [0.29, 0.717) is 23.1 Å². The van der Waals surface area contributed by atoms with Crippen molar-refractivity contribution in [1.29, 1.82) is 0 Å². The van der Waals surface area contributed by atoms with E-state index >= 15 is 0 Å². The highest BCUT2D eigenvalue weighted by Crippen LogP contribution is 2.34. The minimum atomic E-state index is 0.0142. The van der Waals surface area contributed by atoms with Gasteiger partial charge in [-0.1, -0.05) is 11.6 Å². The van der Waals surface area contributed by atoms with Crippen molar-refractivity contribution in [2.24, 2.45) is 0 Å². The molecule has 108 valence electrons. The predicted octanol–water partition coefficient (Wildman–Crippen LogP) is 3.89. The van der Waals surface area contributed by atoms with Gasteiger partial charge in [-0.2, -0.15) is 0 Å². The van der Waals surface area contributed by atoms with Crippen LogP contribution < -0.4 is 10.1 Å². The zero-order chi connectivity index (χ0) is 14.8.